The third kappa shape index (κ3) is 5.43. The summed E-state index contributed by atoms with van der Waals surface area (Å²) < 4.78 is 13.0. The monoisotopic (exact) mass is 470 g/mol. The number of hydrogen-bond acceptors (Lipinski definition) is 2. The second-order valence-corrected chi connectivity index (χ2v) is 12.5. The van der Waals surface area contributed by atoms with Crippen molar-refractivity contribution in [1.29, 1.82) is 0 Å². The minimum atomic E-state index is -0.619. The van der Waals surface area contributed by atoms with E-state index in [1.54, 1.807) is 0 Å². The van der Waals surface area contributed by atoms with E-state index in [4.69, 9.17) is 9.47 Å². The predicted octanol–water partition coefficient (Wildman–Crippen LogP) is 5.00. The van der Waals surface area contributed by atoms with Crippen molar-refractivity contribution in [1.82, 2.24) is 0 Å². The van der Waals surface area contributed by atoms with Gasteiger partial charge in [-0.05, 0) is 37.1 Å². The average molecular weight is 470 g/mol. The lowest BCUT2D eigenvalue weighted by atomic mass is 10.3. The molecule has 0 amide bonds. The molecule has 0 unspecified atom stereocenters. The molecule has 1 heterocycles. The smallest absolute Gasteiger partial charge is 0.177 e. The van der Waals surface area contributed by atoms with E-state index < -0.39 is 21.6 Å². The van der Waals surface area contributed by atoms with Gasteiger partial charge in [0, 0.05) is 12.3 Å². The highest BCUT2D eigenvalue weighted by Gasteiger charge is 2.42. The molecule has 0 N–H and O–H groups in total. The summed E-state index contributed by atoms with van der Waals surface area (Å²) in [5.41, 5.74) is 0. The van der Waals surface area contributed by atoms with Crippen LogP contribution in [0.3, 0.4) is 0 Å². The van der Waals surface area contributed by atoms with Crippen LogP contribution in [-0.2, 0) is 9.47 Å². The van der Waals surface area contributed by atoms with Gasteiger partial charge < -0.3 is 9.47 Å². The van der Waals surface area contributed by atoms with Crippen LogP contribution in [0.2, 0.25) is 0 Å². The van der Waals surface area contributed by atoms with Crippen molar-refractivity contribution in [2.75, 3.05) is 25.5 Å². The van der Waals surface area contributed by atoms with Crippen LogP contribution in [0.4, 0.5) is 0 Å². The van der Waals surface area contributed by atoms with Crippen LogP contribution >= 0.6 is 15.8 Å². The second-order valence-electron chi connectivity index (χ2n) is 8.12. The molecule has 4 aromatic rings. The Morgan fingerprint density at radius 1 is 0.455 bits per heavy atom. The van der Waals surface area contributed by atoms with E-state index in [1.165, 1.54) is 21.2 Å². The normalized spacial score (nSPS) is 15.2. The van der Waals surface area contributed by atoms with Gasteiger partial charge in [0.25, 0.3) is 0 Å². The summed E-state index contributed by atoms with van der Waals surface area (Å²) in [7, 11) is -1.24. The van der Waals surface area contributed by atoms with Gasteiger partial charge in [-0.15, -0.1) is 0 Å². The summed E-state index contributed by atoms with van der Waals surface area (Å²) in [5.74, 6) is -0.589. The molecule has 1 fully saturated rings. The van der Waals surface area contributed by atoms with Crippen LogP contribution in [0.5, 0.6) is 0 Å². The third-order valence-electron chi connectivity index (χ3n) is 5.88. The van der Waals surface area contributed by atoms with Crippen LogP contribution in [0.1, 0.15) is 0 Å². The van der Waals surface area contributed by atoms with Crippen molar-refractivity contribution in [2.24, 2.45) is 0 Å². The third-order valence-corrected chi connectivity index (χ3v) is 11.2. The molecule has 0 radical (unpaired) electrons. The molecule has 0 aromatic heterocycles. The maximum atomic E-state index is 6.50. The molecule has 4 aromatic carbocycles. The van der Waals surface area contributed by atoms with Crippen molar-refractivity contribution < 1.29 is 9.47 Å². The molecule has 166 valence electrons. The fourth-order valence-corrected chi connectivity index (χ4v) is 9.49. The summed E-state index contributed by atoms with van der Waals surface area (Å²) in [6.45, 7) is 1.30. The minimum absolute atomic E-state index is 0.589. The molecule has 0 saturated carbocycles. The Morgan fingerprint density at radius 3 is 1.00 bits per heavy atom. The molecule has 0 aliphatic carbocycles. The van der Waals surface area contributed by atoms with Gasteiger partial charge in [0.05, 0.1) is 13.2 Å². The molecule has 0 spiro atoms. The highest BCUT2D eigenvalue weighted by atomic mass is 31.1. The largest absolute Gasteiger partial charge is 0.347 e. The van der Waals surface area contributed by atoms with Gasteiger partial charge in [-0.2, -0.15) is 0 Å². The zero-order valence-electron chi connectivity index (χ0n) is 18.6. The summed E-state index contributed by atoms with van der Waals surface area (Å²) in [4.78, 5) is 0. The first kappa shape index (κ1) is 22.5. The quantitative estimate of drug-likeness (QED) is 0.338. The lowest BCUT2D eigenvalue weighted by molar-refractivity contribution is -0.118. The van der Waals surface area contributed by atoms with Crippen LogP contribution in [-0.4, -0.2) is 31.3 Å². The summed E-state index contributed by atoms with van der Waals surface area (Å²) in [5, 5.41) is 5.45. The first-order valence-corrected chi connectivity index (χ1v) is 14.4. The summed E-state index contributed by atoms with van der Waals surface area (Å²) >= 11 is 0. The summed E-state index contributed by atoms with van der Waals surface area (Å²) in [6, 6.07) is 43.4. The Balaban J connectivity index is 1.52. The molecule has 2 nitrogen and oxygen atoms in total. The van der Waals surface area contributed by atoms with E-state index in [0.717, 1.165) is 12.3 Å². The van der Waals surface area contributed by atoms with Crippen molar-refractivity contribution in [3.63, 3.8) is 0 Å². The van der Waals surface area contributed by atoms with Crippen molar-refractivity contribution in [3.8, 4) is 0 Å². The van der Waals surface area contributed by atoms with Crippen LogP contribution < -0.4 is 21.2 Å². The molecule has 5 rings (SSSR count). The number of rotatable bonds is 8. The van der Waals surface area contributed by atoms with Gasteiger partial charge in [-0.1, -0.05) is 121 Å². The number of ether oxygens (including phenoxy) is 2. The lowest BCUT2D eigenvalue weighted by Crippen LogP contribution is -2.41. The maximum absolute atomic E-state index is 6.50. The first-order valence-electron chi connectivity index (χ1n) is 11.4. The minimum Gasteiger partial charge on any atom is -0.347 e. The van der Waals surface area contributed by atoms with E-state index in [2.05, 4.69) is 121 Å². The fourth-order valence-electron chi connectivity index (χ4n) is 4.31. The van der Waals surface area contributed by atoms with E-state index >= 15 is 0 Å². The van der Waals surface area contributed by atoms with E-state index in [0.29, 0.717) is 13.2 Å². The fraction of sp³-hybridized carbons (Fsp3) is 0.172. The molecule has 33 heavy (non-hydrogen) atoms. The Morgan fingerprint density at radius 2 is 0.727 bits per heavy atom. The molecular weight excluding hydrogens is 442 g/mol. The Kier molecular flexibility index (Phi) is 7.30. The number of benzene rings is 4. The van der Waals surface area contributed by atoms with Crippen LogP contribution in [0.15, 0.2) is 121 Å². The van der Waals surface area contributed by atoms with Crippen LogP contribution in [0, 0.1) is 0 Å². The highest BCUT2D eigenvalue weighted by molar-refractivity contribution is 7.74. The topological polar surface area (TPSA) is 18.5 Å². The predicted molar refractivity (Wildman–Crippen MR) is 143 cm³/mol. The van der Waals surface area contributed by atoms with Gasteiger partial charge in [0.2, 0.25) is 0 Å². The molecule has 4 heteroatoms. The molecular formula is C29H28O2P2. The van der Waals surface area contributed by atoms with Crippen molar-refractivity contribution in [3.05, 3.63) is 121 Å². The molecule has 1 saturated heterocycles. The van der Waals surface area contributed by atoms with Crippen LogP contribution in [0.25, 0.3) is 0 Å². The van der Waals surface area contributed by atoms with E-state index in [-0.39, 0.29) is 0 Å². The lowest BCUT2D eigenvalue weighted by Gasteiger charge is -2.35. The Labute approximate surface area is 199 Å². The Bertz CT molecular complexity index is 949. The van der Waals surface area contributed by atoms with Gasteiger partial charge in [0.15, 0.2) is 5.79 Å². The first-order chi connectivity index (χ1) is 16.3. The Hall–Kier alpha value is -2.34. The summed E-state index contributed by atoms with van der Waals surface area (Å²) in [6.07, 6.45) is 1.71. The zero-order valence-corrected chi connectivity index (χ0v) is 20.4. The van der Waals surface area contributed by atoms with Crippen molar-refractivity contribution >= 4 is 37.1 Å². The number of hydrogen-bond donors (Lipinski definition) is 0. The van der Waals surface area contributed by atoms with Gasteiger partial charge >= 0.3 is 0 Å². The second kappa shape index (κ2) is 10.7. The zero-order chi connectivity index (χ0) is 22.3. The van der Waals surface area contributed by atoms with Gasteiger partial charge in [-0.3, -0.25) is 0 Å². The molecule has 1 aliphatic heterocycles. The van der Waals surface area contributed by atoms with Crippen molar-refractivity contribution in [2.45, 2.75) is 5.79 Å². The average Bonchev–Trinajstić information content (AvgIpc) is 3.36. The van der Waals surface area contributed by atoms with Gasteiger partial charge in [0.1, 0.15) is 0 Å². The maximum Gasteiger partial charge on any atom is 0.177 e. The highest BCUT2D eigenvalue weighted by Crippen LogP contribution is 2.46. The van der Waals surface area contributed by atoms with E-state index in [9.17, 15) is 0 Å². The van der Waals surface area contributed by atoms with E-state index in [1.807, 2.05) is 0 Å². The SMILES string of the molecule is c1ccc(P(CC2(CP(c3ccccc3)c3ccccc3)OCCO2)c2ccccc2)cc1. The molecule has 0 atom stereocenters. The van der Waals surface area contributed by atoms with Gasteiger partial charge in [-0.25, -0.2) is 0 Å². The molecule has 0 bridgehead atoms. The molecule has 1 aliphatic rings. The standard InChI is InChI=1S/C29H28O2P2/c1-5-13-25(14-6-1)32(26-15-7-2-8-16-26)23-29(30-21-22-31-29)24-33(27-17-9-3-10-18-27)28-19-11-4-12-20-28/h1-20H,21-24H2.